The zero-order chi connectivity index (χ0) is 23.0. The summed E-state index contributed by atoms with van der Waals surface area (Å²) in [7, 11) is 0. The maximum atomic E-state index is 13.6. The standard InChI is InChI=1S/C19H16ClF3N4O4S/c20-9-1-2-24-14(5-9)32-19-18(30)16(17(29)13(7-28)31-19)27-6-12(25-26-27)8-3-10(21)15(23)11(22)4-8/h1-6,13,16-19,28-30H,7H2. The molecular weight excluding hydrogens is 473 g/mol. The van der Waals surface area contributed by atoms with Gasteiger partial charge in [0.1, 0.15) is 40.5 Å². The number of thioether (sulfide) groups is 1. The van der Waals surface area contributed by atoms with E-state index in [0.29, 0.717) is 10.0 Å². The number of halogens is 4. The van der Waals surface area contributed by atoms with Crippen LogP contribution in [0.1, 0.15) is 6.04 Å². The van der Waals surface area contributed by atoms with Crippen LogP contribution in [-0.4, -0.2) is 65.7 Å². The second kappa shape index (κ2) is 9.33. The lowest BCUT2D eigenvalue weighted by Gasteiger charge is -2.41. The largest absolute Gasteiger partial charge is 0.394 e. The summed E-state index contributed by atoms with van der Waals surface area (Å²) < 4.78 is 47.1. The Bertz CT molecular complexity index is 1100. The minimum absolute atomic E-state index is 0.0186. The van der Waals surface area contributed by atoms with Crippen LogP contribution >= 0.6 is 23.4 Å². The molecule has 1 aromatic carbocycles. The summed E-state index contributed by atoms with van der Waals surface area (Å²) in [6.07, 6.45) is -1.11. The number of aromatic nitrogens is 4. The van der Waals surface area contributed by atoms with Crippen LogP contribution in [0.25, 0.3) is 11.3 Å². The summed E-state index contributed by atoms with van der Waals surface area (Å²) in [6, 6.07) is 3.51. The van der Waals surface area contributed by atoms with Crippen molar-refractivity contribution in [3.63, 3.8) is 0 Å². The first-order chi connectivity index (χ1) is 15.3. The molecule has 0 radical (unpaired) electrons. The molecule has 0 amide bonds. The molecule has 32 heavy (non-hydrogen) atoms. The van der Waals surface area contributed by atoms with E-state index in [0.717, 1.165) is 28.6 Å². The first kappa shape index (κ1) is 23.0. The fraction of sp³-hybridized carbons (Fsp3) is 0.316. The molecule has 5 unspecified atom stereocenters. The van der Waals surface area contributed by atoms with Crippen molar-refractivity contribution in [2.45, 2.75) is 34.8 Å². The Morgan fingerprint density at radius 2 is 1.84 bits per heavy atom. The highest BCUT2D eigenvalue weighted by Crippen LogP contribution is 2.38. The highest BCUT2D eigenvalue weighted by atomic mass is 35.5. The predicted molar refractivity (Wildman–Crippen MR) is 107 cm³/mol. The van der Waals surface area contributed by atoms with Crippen molar-refractivity contribution in [2.75, 3.05) is 6.61 Å². The van der Waals surface area contributed by atoms with Crippen LogP contribution in [-0.2, 0) is 4.74 Å². The summed E-state index contributed by atoms with van der Waals surface area (Å²) in [5.41, 5.74) is -1.08. The average Bonchev–Trinajstić information content (AvgIpc) is 3.23. The second-order valence-corrected chi connectivity index (χ2v) is 8.52. The number of ether oxygens (including phenoxy) is 1. The molecule has 1 aliphatic rings. The zero-order valence-electron chi connectivity index (χ0n) is 16.0. The minimum atomic E-state index is -1.61. The molecule has 3 heterocycles. The van der Waals surface area contributed by atoms with E-state index in [1.807, 2.05) is 0 Å². The first-order valence-corrected chi connectivity index (χ1v) is 10.5. The van der Waals surface area contributed by atoms with E-state index < -0.39 is 53.8 Å². The third kappa shape index (κ3) is 4.47. The number of hydrogen-bond donors (Lipinski definition) is 3. The van der Waals surface area contributed by atoms with Crippen molar-refractivity contribution in [1.82, 2.24) is 20.0 Å². The molecule has 5 atom stereocenters. The molecule has 3 aromatic rings. The monoisotopic (exact) mass is 488 g/mol. The van der Waals surface area contributed by atoms with E-state index >= 15 is 0 Å². The van der Waals surface area contributed by atoms with Crippen molar-refractivity contribution in [1.29, 1.82) is 0 Å². The fourth-order valence-corrected chi connectivity index (χ4v) is 4.58. The van der Waals surface area contributed by atoms with Crippen LogP contribution in [0, 0.1) is 17.5 Å². The third-order valence-electron chi connectivity index (χ3n) is 4.88. The van der Waals surface area contributed by atoms with Crippen molar-refractivity contribution < 1.29 is 33.2 Å². The van der Waals surface area contributed by atoms with E-state index in [9.17, 15) is 28.5 Å². The smallest absolute Gasteiger partial charge is 0.194 e. The predicted octanol–water partition coefficient (Wildman–Crippen LogP) is 2.18. The molecule has 0 saturated carbocycles. The maximum absolute atomic E-state index is 13.6. The van der Waals surface area contributed by atoms with Crippen LogP contribution in [0.4, 0.5) is 13.2 Å². The topological polar surface area (TPSA) is 114 Å². The van der Waals surface area contributed by atoms with E-state index in [4.69, 9.17) is 16.3 Å². The van der Waals surface area contributed by atoms with Gasteiger partial charge in [0.25, 0.3) is 0 Å². The highest BCUT2D eigenvalue weighted by molar-refractivity contribution is 7.99. The van der Waals surface area contributed by atoms with Crippen molar-refractivity contribution in [3.05, 3.63) is 59.1 Å². The van der Waals surface area contributed by atoms with Crippen LogP contribution in [0.15, 0.2) is 41.7 Å². The van der Waals surface area contributed by atoms with Crippen LogP contribution in [0.5, 0.6) is 0 Å². The van der Waals surface area contributed by atoms with Gasteiger partial charge in [-0.05, 0) is 24.3 Å². The van der Waals surface area contributed by atoms with Crippen LogP contribution in [0.2, 0.25) is 5.02 Å². The van der Waals surface area contributed by atoms with Gasteiger partial charge in [0.2, 0.25) is 0 Å². The lowest BCUT2D eigenvalue weighted by atomic mass is 9.97. The quantitative estimate of drug-likeness (QED) is 0.468. The van der Waals surface area contributed by atoms with Gasteiger partial charge >= 0.3 is 0 Å². The van der Waals surface area contributed by atoms with Gasteiger partial charge in [-0.15, -0.1) is 5.10 Å². The summed E-state index contributed by atoms with van der Waals surface area (Å²) in [6.45, 7) is -0.555. The molecular formula is C19H16ClF3N4O4S. The van der Waals surface area contributed by atoms with Crippen molar-refractivity contribution in [2.24, 2.45) is 0 Å². The number of rotatable bonds is 5. The Morgan fingerprint density at radius 1 is 1.12 bits per heavy atom. The molecule has 2 aromatic heterocycles. The molecule has 4 rings (SSSR count). The molecule has 13 heteroatoms. The molecule has 0 spiro atoms. The lowest BCUT2D eigenvalue weighted by Crippen LogP contribution is -2.55. The summed E-state index contributed by atoms with van der Waals surface area (Å²) >= 11 is 6.98. The molecule has 1 saturated heterocycles. The van der Waals surface area contributed by atoms with Gasteiger partial charge in [-0.3, -0.25) is 0 Å². The number of nitrogens with zero attached hydrogens (tertiary/aromatic N) is 4. The summed E-state index contributed by atoms with van der Waals surface area (Å²) in [4.78, 5) is 4.13. The van der Waals surface area contributed by atoms with Crippen molar-refractivity contribution in [3.8, 4) is 11.3 Å². The van der Waals surface area contributed by atoms with Gasteiger partial charge in [-0.2, -0.15) is 0 Å². The molecule has 8 nitrogen and oxygen atoms in total. The number of benzene rings is 1. The highest BCUT2D eigenvalue weighted by Gasteiger charge is 2.46. The van der Waals surface area contributed by atoms with Gasteiger partial charge < -0.3 is 20.1 Å². The zero-order valence-corrected chi connectivity index (χ0v) is 17.6. The summed E-state index contributed by atoms with van der Waals surface area (Å²) in [5.74, 6) is -4.41. The number of hydrogen-bond acceptors (Lipinski definition) is 8. The third-order valence-corrected chi connectivity index (χ3v) is 6.20. The molecule has 0 aliphatic carbocycles. The van der Waals surface area contributed by atoms with Gasteiger partial charge in [0.05, 0.1) is 12.8 Å². The lowest BCUT2D eigenvalue weighted by molar-refractivity contribution is -0.178. The first-order valence-electron chi connectivity index (χ1n) is 9.26. The number of pyridine rings is 1. The molecule has 1 aliphatic heterocycles. The van der Waals surface area contributed by atoms with Crippen LogP contribution < -0.4 is 0 Å². The molecule has 3 N–H and O–H groups in total. The second-order valence-electron chi connectivity index (χ2n) is 6.97. The Kier molecular flexibility index (Phi) is 6.70. The molecule has 170 valence electrons. The Morgan fingerprint density at radius 3 is 2.50 bits per heavy atom. The van der Waals surface area contributed by atoms with E-state index in [1.54, 1.807) is 12.1 Å². The van der Waals surface area contributed by atoms with E-state index in [2.05, 4.69) is 15.3 Å². The normalized spacial score (nSPS) is 25.8. The van der Waals surface area contributed by atoms with Gasteiger partial charge in [-0.25, -0.2) is 22.8 Å². The Balaban J connectivity index is 1.64. The van der Waals surface area contributed by atoms with E-state index in [1.165, 1.54) is 12.4 Å². The van der Waals surface area contributed by atoms with Crippen LogP contribution in [0.3, 0.4) is 0 Å². The average molecular weight is 489 g/mol. The van der Waals surface area contributed by atoms with Gasteiger partial charge in [0, 0.05) is 16.8 Å². The van der Waals surface area contributed by atoms with Gasteiger partial charge in [-0.1, -0.05) is 28.6 Å². The Hall–Kier alpha value is -2.22. The number of aliphatic hydroxyl groups is 3. The maximum Gasteiger partial charge on any atom is 0.194 e. The molecule has 0 bridgehead atoms. The Labute approximate surface area is 188 Å². The minimum Gasteiger partial charge on any atom is -0.394 e. The molecule has 1 fully saturated rings. The summed E-state index contributed by atoms with van der Waals surface area (Å²) in [5, 5.41) is 39.7. The SMILES string of the molecule is OCC1OC(Sc2cc(Cl)ccn2)C(O)C(n2cc(-c3cc(F)c(F)c(F)c3)nn2)C1O. The fourth-order valence-electron chi connectivity index (χ4n) is 3.30. The van der Waals surface area contributed by atoms with Crippen molar-refractivity contribution >= 4 is 23.4 Å². The number of aliphatic hydroxyl groups excluding tert-OH is 3. The van der Waals surface area contributed by atoms with Gasteiger partial charge in [0.15, 0.2) is 17.5 Å². The van der Waals surface area contributed by atoms with E-state index in [-0.39, 0.29) is 11.3 Å².